The largest absolute Gasteiger partial charge is 0.442 e. The molecule has 1 aliphatic rings. The van der Waals surface area contributed by atoms with E-state index in [4.69, 9.17) is 10.5 Å². The lowest BCUT2D eigenvalue weighted by Crippen LogP contribution is -2.33. The van der Waals surface area contributed by atoms with Gasteiger partial charge in [-0.2, -0.15) is 0 Å². The zero-order chi connectivity index (χ0) is 27.1. The highest BCUT2D eigenvalue weighted by Crippen LogP contribution is 2.29. The Balaban J connectivity index is 1.45. The lowest BCUT2D eigenvalue weighted by molar-refractivity contribution is -0.119. The van der Waals surface area contributed by atoms with Gasteiger partial charge in [0.2, 0.25) is 5.91 Å². The monoisotopic (exact) mass is 521 g/mol. The van der Waals surface area contributed by atoms with Crippen LogP contribution in [0.15, 0.2) is 53.8 Å². The Morgan fingerprint density at radius 1 is 1.29 bits per heavy atom. The van der Waals surface area contributed by atoms with Crippen LogP contribution in [0, 0.1) is 5.82 Å². The molecule has 1 aliphatic heterocycles. The van der Waals surface area contributed by atoms with Crippen molar-refractivity contribution < 1.29 is 18.7 Å². The molecule has 0 radical (unpaired) electrons. The predicted molar refractivity (Wildman–Crippen MR) is 144 cm³/mol. The summed E-state index contributed by atoms with van der Waals surface area (Å²) in [6.45, 7) is 5.96. The number of hydrogen-bond acceptors (Lipinski definition) is 6. The fourth-order valence-corrected chi connectivity index (χ4v) is 4.25. The van der Waals surface area contributed by atoms with Crippen LogP contribution >= 0.6 is 0 Å². The molecule has 2 aromatic carbocycles. The quantitative estimate of drug-likeness (QED) is 0.202. The Morgan fingerprint density at radius 2 is 2.08 bits per heavy atom. The number of aliphatic imine (C=N–C) groups is 1. The summed E-state index contributed by atoms with van der Waals surface area (Å²) in [7, 11) is 0. The zero-order valence-electron chi connectivity index (χ0n) is 21.5. The maximum atomic E-state index is 15.1. The first-order valence-electron chi connectivity index (χ1n) is 12.5. The van der Waals surface area contributed by atoms with Gasteiger partial charge in [0, 0.05) is 19.0 Å². The van der Waals surface area contributed by atoms with Crippen LogP contribution in [-0.2, 0) is 22.6 Å². The molecule has 10 nitrogen and oxygen atoms in total. The number of carbonyl (C=O) groups excluding carboxylic acids is 2. The van der Waals surface area contributed by atoms with Gasteiger partial charge in [0.1, 0.15) is 11.9 Å². The van der Waals surface area contributed by atoms with Crippen molar-refractivity contribution in [2.24, 2.45) is 10.7 Å². The number of nitrogens with zero attached hydrogens (tertiary/aromatic N) is 4. The average molecular weight is 522 g/mol. The van der Waals surface area contributed by atoms with Crippen molar-refractivity contribution in [1.82, 2.24) is 20.2 Å². The van der Waals surface area contributed by atoms with Gasteiger partial charge in [-0.1, -0.05) is 31.2 Å². The van der Waals surface area contributed by atoms with Gasteiger partial charge in [0.25, 0.3) is 0 Å². The van der Waals surface area contributed by atoms with E-state index in [1.165, 1.54) is 24.2 Å². The third-order valence-electron chi connectivity index (χ3n) is 6.13. The number of ether oxygens (including phenoxy) is 1. The highest BCUT2D eigenvalue weighted by atomic mass is 19.1. The second-order valence-corrected chi connectivity index (χ2v) is 9.01. The van der Waals surface area contributed by atoms with Crippen LogP contribution in [0.3, 0.4) is 0 Å². The number of aromatic nitrogens is 2. The Kier molecular flexibility index (Phi) is 8.70. The number of amides is 2. The molecule has 2 amide bonds. The van der Waals surface area contributed by atoms with Gasteiger partial charge in [-0.05, 0) is 42.3 Å². The third-order valence-corrected chi connectivity index (χ3v) is 6.13. The Labute approximate surface area is 220 Å². The standard InChI is InChI=1S/C27H32FN7O3/c1-3-10-30-13-25-26(32-16-29)34(17-33-25)14-19-4-6-20(7-5-19)23-9-8-21(11-24(23)28)35-15-22(38-27(35)37)12-31-18(2)36/h4-9,11,16-17,22,30H,3,10,12-15H2,1-2H3,(H2,29,32)(H,31,36)/t22-/m0/s1. The van der Waals surface area contributed by atoms with Crippen molar-refractivity contribution in [2.75, 3.05) is 24.5 Å². The summed E-state index contributed by atoms with van der Waals surface area (Å²) in [6.07, 6.45) is 2.96. The van der Waals surface area contributed by atoms with Gasteiger partial charge in [0.05, 0.1) is 43.7 Å². The molecule has 1 atom stereocenters. The number of anilines is 1. The molecule has 4 rings (SSSR count). The summed E-state index contributed by atoms with van der Waals surface area (Å²) in [4.78, 5) is 33.5. The van der Waals surface area contributed by atoms with E-state index in [1.807, 2.05) is 28.8 Å². The predicted octanol–water partition coefficient (Wildman–Crippen LogP) is 3.32. The maximum absolute atomic E-state index is 15.1. The molecule has 1 saturated heterocycles. The summed E-state index contributed by atoms with van der Waals surface area (Å²) < 4.78 is 22.3. The molecule has 0 bridgehead atoms. The van der Waals surface area contributed by atoms with E-state index in [0.29, 0.717) is 35.7 Å². The molecule has 38 heavy (non-hydrogen) atoms. The van der Waals surface area contributed by atoms with Gasteiger partial charge in [-0.25, -0.2) is 19.2 Å². The topological polar surface area (TPSA) is 127 Å². The molecule has 3 aromatic rings. The van der Waals surface area contributed by atoms with Crippen LogP contribution in [0.1, 0.15) is 31.5 Å². The minimum Gasteiger partial charge on any atom is -0.442 e. The van der Waals surface area contributed by atoms with E-state index in [1.54, 1.807) is 18.5 Å². The van der Waals surface area contributed by atoms with Crippen molar-refractivity contribution in [3.05, 3.63) is 65.9 Å². The lowest BCUT2D eigenvalue weighted by atomic mass is 10.0. The minimum atomic E-state index is -0.570. The van der Waals surface area contributed by atoms with Crippen LogP contribution in [-0.4, -0.2) is 53.6 Å². The number of rotatable bonds is 11. The van der Waals surface area contributed by atoms with E-state index >= 15 is 4.39 Å². The van der Waals surface area contributed by atoms with Gasteiger partial charge in [-0.3, -0.25) is 9.69 Å². The molecule has 0 saturated carbocycles. The van der Waals surface area contributed by atoms with E-state index in [9.17, 15) is 9.59 Å². The molecule has 4 N–H and O–H groups in total. The summed E-state index contributed by atoms with van der Waals surface area (Å²) >= 11 is 0. The normalized spacial score (nSPS) is 15.3. The summed E-state index contributed by atoms with van der Waals surface area (Å²) in [5, 5.41) is 5.95. The third kappa shape index (κ3) is 6.35. The molecule has 0 unspecified atom stereocenters. The lowest BCUT2D eigenvalue weighted by Gasteiger charge is -2.15. The number of nitrogens with two attached hydrogens (primary N) is 1. The second-order valence-electron chi connectivity index (χ2n) is 9.01. The van der Waals surface area contributed by atoms with Crippen LogP contribution in [0.5, 0.6) is 0 Å². The van der Waals surface area contributed by atoms with Gasteiger partial charge >= 0.3 is 6.09 Å². The summed E-state index contributed by atoms with van der Waals surface area (Å²) in [5.41, 5.74) is 8.90. The fraction of sp³-hybridized carbons (Fsp3) is 0.333. The minimum absolute atomic E-state index is 0.208. The van der Waals surface area contributed by atoms with Gasteiger partial charge in [-0.15, -0.1) is 0 Å². The number of carbonyl (C=O) groups is 2. The van der Waals surface area contributed by atoms with Crippen molar-refractivity contribution >= 4 is 29.8 Å². The Bertz CT molecular complexity index is 1310. The van der Waals surface area contributed by atoms with E-state index in [-0.39, 0.29) is 19.0 Å². The molecule has 1 fully saturated rings. The highest BCUT2D eigenvalue weighted by molar-refractivity contribution is 5.90. The van der Waals surface area contributed by atoms with Crippen molar-refractivity contribution in [2.45, 2.75) is 39.5 Å². The average Bonchev–Trinajstić information content (AvgIpc) is 3.46. The number of halogens is 1. The number of nitrogens with one attached hydrogen (secondary N) is 2. The van der Waals surface area contributed by atoms with E-state index < -0.39 is 18.0 Å². The van der Waals surface area contributed by atoms with Crippen molar-refractivity contribution in [3.8, 4) is 11.1 Å². The summed E-state index contributed by atoms with van der Waals surface area (Å²) in [6, 6.07) is 12.2. The molecule has 1 aromatic heterocycles. The second kappa shape index (κ2) is 12.3. The first kappa shape index (κ1) is 26.8. The first-order chi connectivity index (χ1) is 18.4. The number of benzene rings is 2. The van der Waals surface area contributed by atoms with Crippen molar-refractivity contribution in [3.63, 3.8) is 0 Å². The highest BCUT2D eigenvalue weighted by Gasteiger charge is 2.32. The summed E-state index contributed by atoms with van der Waals surface area (Å²) in [5.74, 6) is 0.0354. The Morgan fingerprint density at radius 3 is 2.76 bits per heavy atom. The van der Waals surface area contributed by atoms with Gasteiger partial charge < -0.3 is 25.7 Å². The zero-order valence-corrected chi connectivity index (χ0v) is 21.5. The van der Waals surface area contributed by atoms with Crippen LogP contribution in [0.25, 0.3) is 11.1 Å². The van der Waals surface area contributed by atoms with E-state index in [0.717, 1.165) is 24.2 Å². The molecule has 0 spiro atoms. The SMILES string of the molecule is CCCNCc1ncn(Cc2ccc(-c3ccc(N4C[C@H](CNC(C)=O)OC4=O)cc3F)cc2)c1/N=C\N. The molecule has 11 heteroatoms. The van der Waals surface area contributed by atoms with Crippen LogP contribution in [0.2, 0.25) is 0 Å². The number of cyclic esters (lactones) is 1. The molecule has 200 valence electrons. The number of hydrogen-bond donors (Lipinski definition) is 3. The molecule has 0 aliphatic carbocycles. The molecular weight excluding hydrogens is 489 g/mol. The van der Waals surface area contributed by atoms with Crippen molar-refractivity contribution in [1.29, 1.82) is 0 Å². The molecular formula is C27H32FN7O3. The van der Waals surface area contributed by atoms with Crippen LogP contribution in [0.4, 0.5) is 20.7 Å². The first-order valence-corrected chi connectivity index (χ1v) is 12.5. The fourth-order valence-electron chi connectivity index (χ4n) is 4.25. The van der Waals surface area contributed by atoms with E-state index in [2.05, 4.69) is 27.5 Å². The maximum Gasteiger partial charge on any atom is 0.414 e. The number of imidazole rings is 1. The Hall–Kier alpha value is -4.25. The van der Waals surface area contributed by atoms with Crippen LogP contribution < -0.4 is 21.3 Å². The van der Waals surface area contributed by atoms with Gasteiger partial charge in [0.15, 0.2) is 5.82 Å². The smallest absolute Gasteiger partial charge is 0.414 e. The molecule has 2 heterocycles.